The largest absolute Gasteiger partial charge is 0.489 e. The Balaban J connectivity index is 2.21. The van der Waals surface area contributed by atoms with Gasteiger partial charge in [-0.05, 0) is 12.5 Å². The third-order valence-corrected chi connectivity index (χ3v) is 3.90. The molecule has 0 saturated carbocycles. The third-order valence-electron chi connectivity index (χ3n) is 3.62. The van der Waals surface area contributed by atoms with Crippen molar-refractivity contribution < 1.29 is 9.47 Å². The summed E-state index contributed by atoms with van der Waals surface area (Å²) in [5.74, 6) is 1.98. The molecule has 0 atom stereocenters. The monoisotopic (exact) mass is 307 g/mol. The zero-order valence-electron chi connectivity index (χ0n) is 12.1. The van der Waals surface area contributed by atoms with Crippen molar-refractivity contribution in [2.24, 2.45) is 7.05 Å². The Labute approximate surface area is 128 Å². The lowest BCUT2D eigenvalue weighted by molar-refractivity contribution is 0.296. The maximum absolute atomic E-state index is 6.37. The van der Waals surface area contributed by atoms with E-state index in [-0.39, 0.29) is 0 Å². The highest BCUT2D eigenvalue weighted by atomic mass is 35.5. The van der Waals surface area contributed by atoms with Crippen molar-refractivity contribution in [1.82, 2.24) is 9.78 Å². The highest BCUT2D eigenvalue weighted by Gasteiger charge is 2.23. The van der Waals surface area contributed by atoms with Crippen LogP contribution in [-0.2, 0) is 13.5 Å². The number of hydrogen-bond acceptors (Lipinski definition) is 4. The number of benzene rings is 1. The van der Waals surface area contributed by atoms with Gasteiger partial charge in [0.15, 0.2) is 11.5 Å². The molecule has 1 aliphatic heterocycles. The number of hydrogen-bond donors (Lipinski definition) is 1. The Kier molecular flexibility index (Phi) is 3.68. The summed E-state index contributed by atoms with van der Waals surface area (Å²) in [5, 5.41) is 4.98. The maximum atomic E-state index is 6.37. The van der Waals surface area contributed by atoms with E-state index < -0.39 is 0 Å². The van der Waals surface area contributed by atoms with Gasteiger partial charge in [-0.1, -0.05) is 18.5 Å². The smallest absolute Gasteiger partial charge is 0.180 e. The average molecular weight is 308 g/mol. The first-order chi connectivity index (χ1) is 10.1. The lowest BCUT2D eigenvalue weighted by Crippen LogP contribution is -2.00. The van der Waals surface area contributed by atoms with Gasteiger partial charge in [0.1, 0.15) is 5.82 Å². The number of aromatic nitrogens is 2. The van der Waals surface area contributed by atoms with Gasteiger partial charge < -0.3 is 15.2 Å². The summed E-state index contributed by atoms with van der Waals surface area (Å²) in [6.45, 7) is 3.32. The van der Waals surface area contributed by atoms with Gasteiger partial charge >= 0.3 is 0 Å². The molecule has 0 spiro atoms. The quantitative estimate of drug-likeness (QED) is 0.926. The third kappa shape index (κ3) is 2.42. The molecule has 1 aliphatic rings. The van der Waals surface area contributed by atoms with Crippen LogP contribution in [-0.4, -0.2) is 23.0 Å². The van der Waals surface area contributed by atoms with Crippen LogP contribution < -0.4 is 15.2 Å². The molecule has 21 heavy (non-hydrogen) atoms. The van der Waals surface area contributed by atoms with E-state index in [9.17, 15) is 0 Å². The Morgan fingerprint density at radius 1 is 1.29 bits per heavy atom. The molecule has 0 radical (unpaired) electrons. The predicted molar refractivity (Wildman–Crippen MR) is 83.1 cm³/mol. The summed E-state index contributed by atoms with van der Waals surface area (Å²) >= 11 is 6.37. The molecule has 1 aromatic carbocycles. The summed E-state index contributed by atoms with van der Waals surface area (Å²) in [6, 6.07) is 3.73. The van der Waals surface area contributed by atoms with Crippen LogP contribution in [0, 0.1) is 0 Å². The highest BCUT2D eigenvalue weighted by Crippen LogP contribution is 2.44. The van der Waals surface area contributed by atoms with Gasteiger partial charge in [-0.3, -0.25) is 4.68 Å². The molecule has 1 aromatic heterocycles. The Bertz CT molecular complexity index is 663. The van der Waals surface area contributed by atoms with Gasteiger partial charge in [-0.2, -0.15) is 5.10 Å². The van der Waals surface area contributed by atoms with Gasteiger partial charge in [0, 0.05) is 30.7 Å². The van der Waals surface area contributed by atoms with Crippen molar-refractivity contribution >= 4 is 17.4 Å². The van der Waals surface area contributed by atoms with Crippen molar-refractivity contribution in [2.75, 3.05) is 18.9 Å². The van der Waals surface area contributed by atoms with Crippen molar-refractivity contribution in [2.45, 2.75) is 19.8 Å². The van der Waals surface area contributed by atoms with Crippen molar-refractivity contribution in [3.63, 3.8) is 0 Å². The van der Waals surface area contributed by atoms with Crippen LogP contribution in [0.3, 0.4) is 0 Å². The fourth-order valence-corrected chi connectivity index (χ4v) is 2.78. The van der Waals surface area contributed by atoms with E-state index >= 15 is 0 Å². The summed E-state index contributed by atoms with van der Waals surface area (Å²) < 4.78 is 13.3. The van der Waals surface area contributed by atoms with Gasteiger partial charge in [-0.15, -0.1) is 0 Å². The summed E-state index contributed by atoms with van der Waals surface area (Å²) in [5.41, 5.74) is 8.67. The minimum Gasteiger partial charge on any atom is -0.489 e. The second kappa shape index (κ2) is 5.48. The molecule has 0 aliphatic carbocycles. The summed E-state index contributed by atoms with van der Waals surface area (Å²) in [4.78, 5) is 0. The zero-order valence-corrected chi connectivity index (χ0v) is 12.9. The number of halogens is 1. The molecular formula is C15H18ClN3O2. The zero-order chi connectivity index (χ0) is 15.0. The van der Waals surface area contributed by atoms with E-state index in [1.807, 2.05) is 19.2 Å². The van der Waals surface area contributed by atoms with E-state index in [0.717, 1.165) is 35.4 Å². The van der Waals surface area contributed by atoms with Crippen LogP contribution in [0.5, 0.6) is 11.5 Å². The Morgan fingerprint density at radius 3 is 2.62 bits per heavy atom. The molecule has 0 fully saturated rings. The van der Waals surface area contributed by atoms with Gasteiger partial charge in [-0.25, -0.2) is 0 Å². The second-order valence-corrected chi connectivity index (χ2v) is 5.43. The maximum Gasteiger partial charge on any atom is 0.180 e. The first-order valence-electron chi connectivity index (χ1n) is 7.02. The number of ether oxygens (including phenoxy) is 2. The molecule has 6 heteroatoms. The minimum atomic E-state index is 0.545. The molecule has 0 amide bonds. The number of aryl methyl sites for hydroxylation is 1. The molecule has 5 nitrogen and oxygen atoms in total. The fourth-order valence-electron chi connectivity index (χ4n) is 2.53. The average Bonchev–Trinajstić information content (AvgIpc) is 2.68. The molecule has 0 saturated heterocycles. The highest BCUT2D eigenvalue weighted by molar-refractivity contribution is 6.32. The van der Waals surface area contributed by atoms with Gasteiger partial charge in [0.25, 0.3) is 0 Å². The predicted octanol–water partition coefficient (Wildman–Crippen LogP) is 3.05. The number of rotatable bonds is 2. The standard InChI is InChI=1S/C15H18ClN3O2/c1-3-9-10(12-8-13(17)19(2)18-12)7-11(16)15-14(9)20-5-4-6-21-15/h7-8H,3-6,17H2,1-2H3. The first kappa shape index (κ1) is 14.1. The molecule has 0 unspecified atom stereocenters. The van der Waals surface area contributed by atoms with Gasteiger partial charge in [0.2, 0.25) is 0 Å². The van der Waals surface area contributed by atoms with Crippen molar-refractivity contribution in [1.29, 1.82) is 0 Å². The lowest BCUT2D eigenvalue weighted by Gasteiger charge is -2.16. The van der Waals surface area contributed by atoms with Crippen LogP contribution in [0.25, 0.3) is 11.3 Å². The van der Waals surface area contributed by atoms with Crippen molar-refractivity contribution in [3.8, 4) is 22.8 Å². The van der Waals surface area contributed by atoms with Crippen LogP contribution in [0.1, 0.15) is 18.9 Å². The van der Waals surface area contributed by atoms with Crippen LogP contribution in [0.2, 0.25) is 5.02 Å². The molecular weight excluding hydrogens is 290 g/mol. The summed E-state index contributed by atoms with van der Waals surface area (Å²) in [6.07, 6.45) is 1.65. The van der Waals surface area contributed by atoms with E-state index in [0.29, 0.717) is 29.8 Å². The Morgan fingerprint density at radius 2 is 2.00 bits per heavy atom. The Hall–Kier alpha value is -1.88. The number of nitrogen functional groups attached to an aromatic ring is 1. The molecule has 3 rings (SSSR count). The number of fused-ring (bicyclic) bond motifs is 1. The summed E-state index contributed by atoms with van der Waals surface area (Å²) in [7, 11) is 1.81. The van der Waals surface area contributed by atoms with Crippen LogP contribution in [0.4, 0.5) is 5.82 Å². The molecule has 2 heterocycles. The molecule has 2 N–H and O–H groups in total. The van der Waals surface area contributed by atoms with Crippen LogP contribution in [0.15, 0.2) is 12.1 Å². The van der Waals surface area contributed by atoms with E-state index in [1.54, 1.807) is 4.68 Å². The second-order valence-electron chi connectivity index (χ2n) is 5.02. The number of anilines is 1. The molecule has 112 valence electrons. The van der Waals surface area contributed by atoms with E-state index in [4.69, 9.17) is 26.8 Å². The van der Waals surface area contributed by atoms with Crippen LogP contribution >= 0.6 is 11.6 Å². The lowest BCUT2D eigenvalue weighted by atomic mass is 10.0. The minimum absolute atomic E-state index is 0.545. The SMILES string of the molecule is CCc1c(-c2cc(N)n(C)n2)cc(Cl)c2c1OCCCO2. The number of nitrogens with two attached hydrogens (primary N) is 1. The molecule has 2 aromatic rings. The first-order valence-corrected chi connectivity index (χ1v) is 7.40. The van der Waals surface area contributed by atoms with Crippen molar-refractivity contribution in [3.05, 3.63) is 22.7 Å². The van der Waals surface area contributed by atoms with E-state index in [1.165, 1.54) is 0 Å². The normalized spacial score (nSPS) is 14.0. The van der Waals surface area contributed by atoms with E-state index in [2.05, 4.69) is 12.0 Å². The van der Waals surface area contributed by atoms with Gasteiger partial charge in [0.05, 0.1) is 23.9 Å². The number of nitrogens with zero attached hydrogens (tertiary/aromatic N) is 2. The topological polar surface area (TPSA) is 62.3 Å². The fraction of sp³-hybridized carbons (Fsp3) is 0.400. The molecule has 0 bridgehead atoms.